The van der Waals surface area contributed by atoms with Crippen molar-refractivity contribution in [3.05, 3.63) is 24.3 Å². The number of anilines is 1. The highest BCUT2D eigenvalue weighted by atomic mass is 35.5. The van der Waals surface area contributed by atoms with E-state index in [-0.39, 0.29) is 23.2 Å². The molecular formula is C15H24ClN3O3S. The highest BCUT2D eigenvalue weighted by Gasteiger charge is 2.34. The minimum Gasteiger partial charge on any atom is -0.326 e. The lowest BCUT2D eigenvalue weighted by molar-refractivity contribution is -0.125. The molecule has 1 aliphatic rings. The number of hydrogen-bond donors (Lipinski definition) is 2. The molecule has 1 fully saturated rings. The van der Waals surface area contributed by atoms with Gasteiger partial charge in [0.25, 0.3) is 0 Å². The SMILES string of the molecule is CN(C)S(=O)(=O)c1cccc(NC(=O)C2(C)CCCNC2)c1.Cl. The van der Waals surface area contributed by atoms with Gasteiger partial charge in [-0.25, -0.2) is 12.7 Å². The number of nitrogens with zero attached hydrogens (tertiary/aromatic N) is 1. The summed E-state index contributed by atoms with van der Waals surface area (Å²) in [7, 11) is -0.543. The highest BCUT2D eigenvalue weighted by molar-refractivity contribution is 7.89. The van der Waals surface area contributed by atoms with E-state index in [1.54, 1.807) is 12.1 Å². The zero-order chi connectivity index (χ0) is 16.4. The van der Waals surface area contributed by atoms with Crippen molar-refractivity contribution in [2.24, 2.45) is 5.41 Å². The molecule has 1 heterocycles. The third kappa shape index (κ3) is 4.44. The molecule has 0 bridgehead atoms. The van der Waals surface area contributed by atoms with Gasteiger partial charge in [-0.3, -0.25) is 4.79 Å². The molecule has 0 spiro atoms. The molecule has 130 valence electrons. The number of benzene rings is 1. The summed E-state index contributed by atoms with van der Waals surface area (Å²) in [5.74, 6) is -0.0842. The predicted octanol–water partition coefficient (Wildman–Crippen LogP) is 1.69. The van der Waals surface area contributed by atoms with E-state index in [0.29, 0.717) is 12.2 Å². The van der Waals surface area contributed by atoms with E-state index in [1.807, 2.05) is 6.92 Å². The van der Waals surface area contributed by atoms with E-state index in [9.17, 15) is 13.2 Å². The first-order valence-corrected chi connectivity index (χ1v) is 8.74. The van der Waals surface area contributed by atoms with Crippen molar-refractivity contribution in [1.82, 2.24) is 9.62 Å². The fourth-order valence-electron chi connectivity index (χ4n) is 2.48. The normalized spacial score (nSPS) is 21.6. The van der Waals surface area contributed by atoms with Crippen molar-refractivity contribution in [2.45, 2.75) is 24.7 Å². The van der Waals surface area contributed by atoms with Crippen LogP contribution < -0.4 is 10.6 Å². The Morgan fingerprint density at radius 3 is 2.61 bits per heavy atom. The maximum atomic E-state index is 12.5. The summed E-state index contributed by atoms with van der Waals surface area (Å²) in [6, 6.07) is 6.35. The van der Waals surface area contributed by atoms with Gasteiger partial charge in [0.2, 0.25) is 15.9 Å². The Morgan fingerprint density at radius 2 is 2.04 bits per heavy atom. The van der Waals surface area contributed by atoms with Crippen LogP contribution in [-0.2, 0) is 14.8 Å². The standard InChI is InChI=1S/C15H23N3O3S.ClH/c1-15(8-5-9-16-11-15)14(19)17-12-6-4-7-13(10-12)22(20,21)18(2)3;/h4,6-7,10,16H,5,8-9,11H2,1-3H3,(H,17,19);1H. The Labute approximate surface area is 144 Å². The molecule has 1 atom stereocenters. The minimum atomic E-state index is -3.51. The fraction of sp³-hybridized carbons (Fsp3) is 0.533. The molecule has 2 rings (SSSR count). The van der Waals surface area contributed by atoms with Gasteiger partial charge in [0.15, 0.2) is 0 Å². The van der Waals surface area contributed by atoms with Crippen molar-refractivity contribution < 1.29 is 13.2 Å². The van der Waals surface area contributed by atoms with E-state index >= 15 is 0 Å². The predicted molar refractivity (Wildman–Crippen MR) is 93.4 cm³/mol. The van der Waals surface area contributed by atoms with Crippen LogP contribution in [0.15, 0.2) is 29.2 Å². The average Bonchev–Trinajstić information content (AvgIpc) is 2.48. The van der Waals surface area contributed by atoms with Crippen LogP contribution in [0.5, 0.6) is 0 Å². The van der Waals surface area contributed by atoms with Gasteiger partial charge in [-0.2, -0.15) is 0 Å². The number of nitrogens with one attached hydrogen (secondary N) is 2. The summed E-state index contributed by atoms with van der Waals surface area (Å²) in [5, 5.41) is 6.07. The number of piperidine rings is 1. The Bertz CT molecular complexity index is 656. The van der Waals surface area contributed by atoms with Gasteiger partial charge >= 0.3 is 0 Å². The minimum absolute atomic E-state index is 0. The summed E-state index contributed by atoms with van der Waals surface area (Å²) in [5.41, 5.74) is 0.0361. The van der Waals surface area contributed by atoms with Crippen LogP contribution in [-0.4, -0.2) is 45.8 Å². The van der Waals surface area contributed by atoms with E-state index in [4.69, 9.17) is 0 Å². The van der Waals surface area contributed by atoms with Crippen LogP contribution in [0.1, 0.15) is 19.8 Å². The van der Waals surface area contributed by atoms with Crippen LogP contribution in [0, 0.1) is 5.41 Å². The van der Waals surface area contributed by atoms with Crippen molar-refractivity contribution in [3.63, 3.8) is 0 Å². The van der Waals surface area contributed by atoms with E-state index in [2.05, 4.69) is 10.6 Å². The Balaban J connectivity index is 0.00000264. The number of halogens is 1. The highest BCUT2D eigenvalue weighted by Crippen LogP contribution is 2.27. The average molecular weight is 362 g/mol. The second kappa shape index (κ2) is 7.61. The number of sulfonamides is 1. The zero-order valence-electron chi connectivity index (χ0n) is 13.6. The van der Waals surface area contributed by atoms with E-state index in [0.717, 1.165) is 23.7 Å². The number of rotatable bonds is 4. The monoisotopic (exact) mass is 361 g/mol. The summed E-state index contributed by atoms with van der Waals surface area (Å²) in [4.78, 5) is 12.6. The van der Waals surface area contributed by atoms with Crippen molar-refractivity contribution in [2.75, 3.05) is 32.5 Å². The van der Waals surface area contributed by atoms with Gasteiger partial charge in [0.05, 0.1) is 10.3 Å². The van der Waals surface area contributed by atoms with E-state index in [1.165, 1.54) is 26.2 Å². The van der Waals surface area contributed by atoms with Crippen LogP contribution in [0.25, 0.3) is 0 Å². The topological polar surface area (TPSA) is 78.5 Å². The number of hydrogen-bond acceptors (Lipinski definition) is 4. The van der Waals surface area contributed by atoms with Crippen LogP contribution in [0.3, 0.4) is 0 Å². The molecule has 1 unspecified atom stereocenters. The first-order valence-electron chi connectivity index (χ1n) is 7.30. The number of carbonyl (C=O) groups excluding carboxylic acids is 1. The van der Waals surface area contributed by atoms with Gasteiger partial charge in [-0.1, -0.05) is 6.07 Å². The molecule has 0 aliphatic carbocycles. The molecule has 2 N–H and O–H groups in total. The number of amides is 1. The summed E-state index contributed by atoms with van der Waals surface area (Å²) in [6.07, 6.45) is 1.78. The lowest BCUT2D eigenvalue weighted by Gasteiger charge is -2.32. The van der Waals surface area contributed by atoms with Crippen molar-refractivity contribution >= 4 is 34.0 Å². The third-order valence-corrected chi connectivity index (χ3v) is 5.83. The van der Waals surface area contributed by atoms with Crippen molar-refractivity contribution in [3.8, 4) is 0 Å². The summed E-state index contributed by atoms with van der Waals surface area (Å²) in [6.45, 7) is 3.49. The van der Waals surface area contributed by atoms with Crippen LogP contribution >= 0.6 is 12.4 Å². The smallest absolute Gasteiger partial charge is 0.242 e. The van der Waals surface area contributed by atoms with Gasteiger partial charge in [0.1, 0.15) is 0 Å². The Hall–Kier alpha value is -1.15. The summed E-state index contributed by atoms with van der Waals surface area (Å²) < 4.78 is 25.4. The molecule has 1 aromatic rings. The Morgan fingerprint density at radius 1 is 1.35 bits per heavy atom. The van der Waals surface area contributed by atoms with Crippen LogP contribution in [0.2, 0.25) is 0 Å². The molecule has 6 nitrogen and oxygen atoms in total. The second-order valence-electron chi connectivity index (χ2n) is 6.11. The first-order chi connectivity index (χ1) is 10.3. The molecular weight excluding hydrogens is 338 g/mol. The van der Waals surface area contributed by atoms with Gasteiger partial charge in [-0.15, -0.1) is 12.4 Å². The van der Waals surface area contributed by atoms with E-state index < -0.39 is 15.4 Å². The van der Waals surface area contributed by atoms with Gasteiger partial charge < -0.3 is 10.6 Å². The molecule has 1 amide bonds. The molecule has 0 aromatic heterocycles. The van der Waals surface area contributed by atoms with Gasteiger partial charge in [-0.05, 0) is 44.5 Å². The Kier molecular flexibility index (Phi) is 6.59. The second-order valence-corrected chi connectivity index (χ2v) is 8.26. The number of carbonyl (C=O) groups is 1. The third-order valence-electron chi connectivity index (χ3n) is 4.02. The first kappa shape index (κ1) is 19.9. The molecule has 23 heavy (non-hydrogen) atoms. The largest absolute Gasteiger partial charge is 0.326 e. The molecule has 1 aliphatic heterocycles. The lowest BCUT2D eigenvalue weighted by atomic mass is 9.82. The van der Waals surface area contributed by atoms with Crippen LogP contribution in [0.4, 0.5) is 5.69 Å². The fourth-order valence-corrected chi connectivity index (χ4v) is 3.43. The quantitative estimate of drug-likeness (QED) is 0.855. The zero-order valence-corrected chi connectivity index (χ0v) is 15.3. The molecule has 1 aromatic carbocycles. The van der Waals surface area contributed by atoms with Gasteiger partial charge in [0, 0.05) is 26.3 Å². The molecule has 8 heteroatoms. The lowest BCUT2D eigenvalue weighted by Crippen LogP contribution is -2.46. The molecule has 0 radical (unpaired) electrons. The molecule has 1 saturated heterocycles. The maximum Gasteiger partial charge on any atom is 0.242 e. The van der Waals surface area contributed by atoms with Crippen molar-refractivity contribution in [1.29, 1.82) is 0 Å². The molecule has 0 saturated carbocycles. The summed E-state index contributed by atoms with van der Waals surface area (Å²) >= 11 is 0. The maximum absolute atomic E-state index is 12.5.